The lowest BCUT2D eigenvalue weighted by Gasteiger charge is -2.10. The summed E-state index contributed by atoms with van der Waals surface area (Å²) in [5.41, 5.74) is 0.729. The van der Waals surface area contributed by atoms with Gasteiger partial charge in [-0.2, -0.15) is 5.10 Å². The number of rotatable bonds is 4. The fourth-order valence-electron chi connectivity index (χ4n) is 2.21. The molecule has 0 aliphatic carbocycles. The Morgan fingerprint density at radius 3 is 2.77 bits per heavy atom. The summed E-state index contributed by atoms with van der Waals surface area (Å²) in [6, 6.07) is 9.13. The van der Waals surface area contributed by atoms with Crippen molar-refractivity contribution in [3.63, 3.8) is 0 Å². The van der Waals surface area contributed by atoms with E-state index in [9.17, 15) is 20.0 Å². The van der Waals surface area contributed by atoms with E-state index in [0.717, 1.165) is 5.52 Å². The molecule has 3 N–H and O–H groups in total. The van der Waals surface area contributed by atoms with Crippen molar-refractivity contribution in [1.82, 2.24) is 10.2 Å². The van der Waals surface area contributed by atoms with Crippen LogP contribution in [0.2, 0.25) is 0 Å². The highest BCUT2D eigenvalue weighted by Crippen LogP contribution is 2.33. The van der Waals surface area contributed by atoms with Crippen LogP contribution in [0.5, 0.6) is 0 Å². The minimum Gasteiger partial charge on any atom is -0.478 e. The second-order valence-corrected chi connectivity index (χ2v) is 4.52. The van der Waals surface area contributed by atoms with Gasteiger partial charge < -0.3 is 10.4 Å². The summed E-state index contributed by atoms with van der Waals surface area (Å²) < 4.78 is 0. The molecule has 0 unspecified atom stereocenters. The van der Waals surface area contributed by atoms with Crippen molar-refractivity contribution in [3.8, 4) is 0 Å². The molecule has 1 aromatic heterocycles. The molecule has 0 radical (unpaired) electrons. The second kappa shape index (κ2) is 5.17. The molecule has 0 aliphatic heterocycles. The molecule has 1 heterocycles. The van der Waals surface area contributed by atoms with Crippen LogP contribution >= 0.6 is 0 Å². The number of nitro groups is 1. The summed E-state index contributed by atoms with van der Waals surface area (Å²) in [5, 5.41) is 30.6. The van der Waals surface area contributed by atoms with Gasteiger partial charge in [0, 0.05) is 17.1 Å². The first-order chi connectivity index (χ1) is 10.6. The van der Waals surface area contributed by atoms with Gasteiger partial charge >= 0.3 is 5.97 Å². The lowest BCUT2D eigenvalue weighted by atomic mass is 10.1. The third-order valence-electron chi connectivity index (χ3n) is 3.21. The van der Waals surface area contributed by atoms with E-state index in [1.54, 1.807) is 24.4 Å². The Labute approximate surface area is 123 Å². The molecule has 2 aromatic carbocycles. The molecule has 3 rings (SSSR count). The number of nitrogens with zero attached hydrogens (tertiary/aromatic N) is 2. The number of carbonyl (C=O) groups is 1. The van der Waals surface area contributed by atoms with Crippen LogP contribution < -0.4 is 5.32 Å². The lowest BCUT2D eigenvalue weighted by Crippen LogP contribution is -2.06. The van der Waals surface area contributed by atoms with Crippen molar-refractivity contribution >= 4 is 33.9 Å². The number of hydrogen-bond acceptors (Lipinski definition) is 5. The number of nitrogens with one attached hydrogen (secondary N) is 2. The molecule has 3 aromatic rings. The van der Waals surface area contributed by atoms with Crippen molar-refractivity contribution < 1.29 is 14.8 Å². The molecule has 0 atom stereocenters. The number of fused-ring (bicyclic) bond motifs is 1. The van der Waals surface area contributed by atoms with E-state index in [4.69, 9.17) is 0 Å². The van der Waals surface area contributed by atoms with Gasteiger partial charge in [-0.15, -0.1) is 0 Å². The Morgan fingerprint density at radius 2 is 2.05 bits per heavy atom. The first kappa shape index (κ1) is 13.6. The maximum absolute atomic E-state index is 11.3. The monoisotopic (exact) mass is 298 g/mol. The molecule has 8 nitrogen and oxygen atoms in total. The summed E-state index contributed by atoms with van der Waals surface area (Å²) in [6.45, 7) is 0. The number of aromatic amines is 1. The van der Waals surface area contributed by atoms with Crippen molar-refractivity contribution in [3.05, 3.63) is 58.3 Å². The van der Waals surface area contributed by atoms with E-state index in [2.05, 4.69) is 15.5 Å². The van der Waals surface area contributed by atoms with E-state index in [-0.39, 0.29) is 16.9 Å². The van der Waals surface area contributed by atoms with Gasteiger partial charge in [0.15, 0.2) is 0 Å². The van der Waals surface area contributed by atoms with Crippen LogP contribution in [-0.4, -0.2) is 26.2 Å². The smallest absolute Gasteiger partial charge is 0.338 e. The number of benzene rings is 2. The molecule has 110 valence electrons. The Balaban J connectivity index is 2.17. The number of hydrogen-bond donors (Lipinski definition) is 3. The molecular formula is C14H10N4O4. The second-order valence-electron chi connectivity index (χ2n) is 4.52. The SMILES string of the molecule is O=C(O)c1cccc([N+](=O)[O-])c1Nc1cccc2[nH]ncc12. The van der Waals surface area contributed by atoms with E-state index in [0.29, 0.717) is 11.1 Å². The molecule has 0 spiro atoms. The van der Waals surface area contributed by atoms with Crippen LogP contribution in [0.3, 0.4) is 0 Å². The average molecular weight is 298 g/mol. The fourth-order valence-corrected chi connectivity index (χ4v) is 2.21. The molecule has 0 bridgehead atoms. The zero-order chi connectivity index (χ0) is 15.7. The van der Waals surface area contributed by atoms with Crippen LogP contribution in [0.4, 0.5) is 17.1 Å². The maximum atomic E-state index is 11.3. The van der Waals surface area contributed by atoms with E-state index < -0.39 is 10.9 Å². The van der Waals surface area contributed by atoms with Gasteiger partial charge in [0.1, 0.15) is 5.69 Å². The minimum absolute atomic E-state index is 0.0614. The van der Waals surface area contributed by atoms with Crippen LogP contribution in [-0.2, 0) is 0 Å². The quantitative estimate of drug-likeness (QED) is 0.503. The van der Waals surface area contributed by atoms with Crippen molar-refractivity contribution in [2.75, 3.05) is 5.32 Å². The summed E-state index contributed by atoms with van der Waals surface area (Å²) in [4.78, 5) is 21.9. The summed E-state index contributed by atoms with van der Waals surface area (Å²) in [7, 11) is 0. The summed E-state index contributed by atoms with van der Waals surface area (Å²) in [6.07, 6.45) is 1.56. The lowest BCUT2D eigenvalue weighted by molar-refractivity contribution is -0.383. The van der Waals surface area contributed by atoms with E-state index in [1.807, 2.05) is 0 Å². The zero-order valence-corrected chi connectivity index (χ0v) is 11.1. The number of carboxylic acids is 1. The minimum atomic E-state index is -1.24. The average Bonchev–Trinajstić information content (AvgIpc) is 2.96. The van der Waals surface area contributed by atoms with Crippen LogP contribution in [0.15, 0.2) is 42.6 Å². The highest BCUT2D eigenvalue weighted by Gasteiger charge is 2.22. The Morgan fingerprint density at radius 1 is 1.27 bits per heavy atom. The highest BCUT2D eigenvalue weighted by molar-refractivity contribution is 6.00. The Bertz CT molecular complexity index is 855. The third-order valence-corrected chi connectivity index (χ3v) is 3.21. The maximum Gasteiger partial charge on any atom is 0.338 e. The molecule has 8 heteroatoms. The number of anilines is 2. The Kier molecular flexibility index (Phi) is 3.18. The van der Waals surface area contributed by atoms with E-state index >= 15 is 0 Å². The number of aromatic nitrogens is 2. The van der Waals surface area contributed by atoms with Gasteiger partial charge in [-0.3, -0.25) is 15.2 Å². The van der Waals surface area contributed by atoms with Crippen molar-refractivity contribution in [2.24, 2.45) is 0 Å². The number of H-pyrrole nitrogens is 1. The molecule has 22 heavy (non-hydrogen) atoms. The predicted molar refractivity (Wildman–Crippen MR) is 79.4 cm³/mol. The molecular weight excluding hydrogens is 288 g/mol. The van der Waals surface area contributed by atoms with Gasteiger partial charge in [0.05, 0.1) is 22.2 Å². The first-order valence-corrected chi connectivity index (χ1v) is 6.28. The van der Waals surface area contributed by atoms with E-state index in [1.165, 1.54) is 18.2 Å². The predicted octanol–water partition coefficient (Wildman–Crippen LogP) is 2.91. The van der Waals surface area contributed by atoms with Crippen LogP contribution in [0.25, 0.3) is 10.9 Å². The molecule has 0 saturated heterocycles. The molecule has 0 saturated carbocycles. The molecule has 0 amide bonds. The van der Waals surface area contributed by atoms with Gasteiger partial charge in [0.25, 0.3) is 5.69 Å². The topological polar surface area (TPSA) is 121 Å². The molecule has 0 fully saturated rings. The van der Waals surface area contributed by atoms with Gasteiger partial charge in [-0.25, -0.2) is 4.79 Å². The van der Waals surface area contributed by atoms with Gasteiger partial charge in [0.2, 0.25) is 0 Å². The van der Waals surface area contributed by atoms with Crippen molar-refractivity contribution in [1.29, 1.82) is 0 Å². The highest BCUT2D eigenvalue weighted by atomic mass is 16.6. The standard InChI is InChI=1S/C14H10N4O4/c19-14(20)8-3-1-6-12(18(21)22)13(8)16-10-4-2-5-11-9(10)7-15-17-11/h1-7,16H,(H,15,17)(H,19,20). The van der Waals surface area contributed by atoms with Crippen LogP contribution in [0, 0.1) is 10.1 Å². The van der Waals surface area contributed by atoms with Gasteiger partial charge in [-0.1, -0.05) is 12.1 Å². The number of carboxylic acid groups (broad SMARTS) is 1. The number of nitro benzene ring substituents is 1. The molecule has 0 aliphatic rings. The summed E-state index contributed by atoms with van der Waals surface area (Å²) >= 11 is 0. The van der Waals surface area contributed by atoms with Gasteiger partial charge in [-0.05, 0) is 18.2 Å². The van der Waals surface area contributed by atoms with Crippen LogP contribution in [0.1, 0.15) is 10.4 Å². The Hall–Kier alpha value is -3.42. The summed E-state index contributed by atoms with van der Waals surface area (Å²) in [5.74, 6) is -1.24. The zero-order valence-electron chi connectivity index (χ0n) is 11.1. The number of aromatic carboxylic acids is 1. The largest absolute Gasteiger partial charge is 0.478 e. The fraction of sp³-hybridized carbons (Fsp3) is 0. The normalized spacial score (nSPS) is 10.5. The number of para-hydroxylation sites is 1. The third kappa shape index (κ3) is 2.22. The first-order valence-electron chi connectivity index (χ1n) is 6.28. The van der Waals surface area contributed by atoms with Crippen molar-refractivity contribution in [2.45, 2.75) is 0 Å².